The molecule has 4 rings (SSSR count). The van der Waals surface area contributed by atoms with Gasteiger partial charge in [-0.25, -0.2) is 9.97 Å². The molecule has 2 N–H and O–H groups in total. The number of hydrogen-bond donors (Lipinski definition) is 2. The maximum Gasteiger partial charge on any atom is 0.227 e. The Morgan fingerprint density at radius 2 is 1.84 bits per heavy atom. The third-order valence-electron chi connectivity index (χ3n) is 6.08. The first-order valence-electron chi connectivity index (χ1n) is 10.8. The van der Waals surface area contributed by atoms with Crippen LogP contribution in [0.2, 0.25) is 0 Å². The highest BCUT2D eigenvalue weighted by Crippen LogP contribution is 2.34. The van der Waals surface area contributed by atoms with Gasteiger partial charge in [-0.15, -0.1) is 0 Å². The largest absolute Gasteiger partial charge is 0.508 e. The molecular formula is C23H29N5O3. The number of aryl methyl sites for hydroxylation is 2. The molecule has 0 radical (unpaired) electrons. The number of ketones is 1. The molecule has 0 atom stereocenters. The molecule has 3 heterocycles. The van der Waals surface area contributed by atoms with Crippen LogP contribution in [0.4, 0.5) is 5.95 Å². The lowest BCUT2D eigenvalue weighted by molar-refractivity contribution is -0.117. The Kier molecular flexibility index (Phi) is 5.91. The fourth-order valence-corrected chi connectivity index (χ4v) is 4.17. The van der Waals surface area contributed by atoms with Crippen molar-refractivity contribution < 1.29 is 15.0 Å². The second-order valence-electron chi connectivity index (χ2n) is 8.44. The van der Waals surface area contributed by atoms with Crippen LogP contribution in [-0.2, 0) is 16.9 Å². The lowest BCUT2D eigenvalue weighted by atomic mass is 9.84. The van der Waals surface area contributed by atoms with Crippen LogP contribution in [0.25, 0.3) is 11.2 Å². The molecule has 0 saturated carbocycles. The van der Waals surface area contributed by atoms with Crippen molar-refractivity contribution in [2.45, 2.75) is 58.1 Å². The molecule has 0 unspecified atom stereocenters. The second-order valence-corrected chi connectivity index (χ2v) is 8.44. The van der Waals surface area contributed by atoms with E-state index in [-0.39, 0.29) is 11.5 Å². The van der Waals surface area contributed by atoms with Crippen molar-refractivity contribution in [3.63, 3.8) is 0 Å². The third kappa shape index (κ3) is 4.54. The molecule has 0 amide bonds. The predicted octanol–water partition coefficient (Wildman–Crippen LogP) is 3.09. The number of unbranched alkanes of at least 4 members (excludes halogenated alkanes) is 1. The number of rotatable bonds is 7. The van der Waals surface area contributed by atoms with Crippen LogP contribution in [0.15, 0.2) is 30.6 Å². The topological polar surface area (TPSA) is 104 Å². The molecule has 1 fully saturated rings. The number of anilines is 1. The smallest absolute Gasteiger partial charge is 0.227 e. The Morgan fingerprint density at radius 3 is 2.52 bits per heavy atom. The van der Waals surface area contributed by atoms with Crippen molar-refractivity contribution in [2.75, 3.05) is 18.0 Å². The number of hydrogen-bond acceptors (Lipinski definition) is 7. The van der Waals surface area contributed by atoms with Gasteiger partial charge >= 0.3 is 0 Å². The van der Waals surface area contributed by atoms with Gasteiger partial charge in [-0.1, -0.05) is 12.1 Å². The average molecular weight is 424 g/mol. The van der Waals surface area contributed by atoms with E-state index in [1.807, 2.05) is 11.5 Å². The van der Waals surface area contributed by atoms with Crippen LogP contribution in [-0.4, -0.2) is 48.6 Å². The Hall–Kier alpha value is -3.00. The maximum absolute atomic E-state index is 11.2. The molecular weight excluding hydrogens is 394 g/mol. The summed E-state index contributed by atoms with van der Waals surface area (Å²) in [5.41, 5.74) is 2.35. The van der Waals surface area contributed by atoms with Crippen LogP contribution in [0, 0.1) is 6.92 Å². The molecule has 1 aromatic carbocycles. The van der Waals surface area contributed by atoms with Gasteiger partial charge in [0.25, 0.3) is 0 Å². The number of piperidine rings is 1. The summed E-state index contributed by atoms with van der Waals surface area (Å²) in [5, 5.41) is 20.6. The number of carbonyl (C=O) groups is 1. The Labute approximate surface area is 181 Å². The zero-order valence-corrected chi connectivity index (χ0v) is 18.1. The molecule has 8 nitrogen and oxygen atoms in total. The summed E-state index contributed by atoms with van der Waals surface area (Å²) < 4.78 is 2.03. The average Bonchev–Trinajstić information content (AvgIpc) is 3.15. The molecule has 1 saturated heterocycles. The number of Topliss-reactive ketones (excluding diaryl/α,β-unsaturated/α-hetero) is 1. The van der Waals surface area contributed by atoms with Gasteiger partial charge in [0.15, 0.2) is 5.65 Å². The van der Waals surface area contributed by atoms with Crippen molar-refractivity contribution in [1.82, 2.24) is 19.5 Å². The number of aromatic hydroxyl groups is 1. The van der Waals surface area contributed by atoms with Crippen molar-refractivity contribution >= 4 is 22.9 Å². The number of imidazole rings is 1. The predicted molar refractivity (Wildman–Crippen MR) is 118 cm³/mol. The summed E-state index contributed by atoms with van der Waals surface area (Å²) in [6, 6.07) is 6.78. The zero-order valence-electron chi connectivity index (χ0n) is 18.1. The zero-order chi connectivity index (χ0) is 22.0. The van der Waals surface area contributed by atoms with E-state index in [1.165, 1.54) is 0 Å². The van der Waals surface area contributed by atoms with E-state index >= 15 is 0 Å². The van der Waals surface area contributed by atoms with E-state index in [0.717, 1.165) is 41.8 Å². The van der Waals surface area contributed by atoms with Gasteiger partial charge in [0.1, 0.15) is 17.0 Å². The number of phenolic OH excluding ortho intramolecular Hbond substituents is 1. The Bertz CT molecular complexity index is 1070. The number of aliphatic hydroxyl groups is 1. The monoisotopic (exact) mass is 423 g/mol. The molecule has 2 aromatic heterocycles. The molecule has 31 heavy (non-hydrogen) atoms. The van der Waals surface area contributed by atoms with Crippen molar-refractivity contribution in [3.8, 4) is 5.75 Å². The minimum Gasteiger partial charge on any atom is -0.508 e. The van der Waals surface area contributed by atoms with Gasteiger partial charge in [-0.3, -0.25) is 0 Å². The molecule has 1 aliphatic heterocycles. The summed E-state index contributed by atoms with van der Waals surface area (Å²) in [6.07, 6.45) is 5.26. The first kappa shape index (κ1) is 21.2. The quantitative estimate of drug-likeness (QED) is 0.563. The number of carbonyl (C=O) groups excluding carboxylic acids is 1. The normalized spacial score (nSPS) is 16.0. The van der Waals surface area contributed by atoms with Crippen LogP contribution < -0.4 is 4.90 Å². The summed E-state index contributed by atoms with van der Waals surface area (Å²) in [5.74, 6) is 1.07. The van der Waals surface area contributed by atoms with E-state index in [2.05, 4.69) is 14.9 Å². The molecule has 0 aliphatic carbocycles. The number of fused-ring (bicyclic) bond motifs is 1. The van der Waals surface area contributed by atoms with Crippen LogP contribution in [0.5, 0.6) is 5.75 Å². The number of aromatic nitrogens is 4. The summed E-state index contributed by atoms with van der Waals surface area (Å²) in [4.78, 5) is 27.2. The van der Waals surface area contributed by atoms with Crippen molar-refractivity contribution in [1.29, 1.82) is 0 Å². The van der Waals surface area contributed by atoms with E-state index in [9.17, 15) is 15.0 Å². The molecule has 0 bridgehead atoms. The van der Waals surface area contributed by atoms with Gasteiger partial charge < -0.3 is 24.5 Å². The second kappa shape index (κ2) is 8.63. The summed E-state index contributed by atoms with van der Waals surface area (Å²) >= 11 is 0. The molecule has 164 valence electrons. The number of benzene rings is 1. The first-order chi connectivity index (χ1) is 14.9. The van der Waals surface area contributed by atoms with Crippen LogP contribution in [0.1, 0.15) is 50.3 Å². The van der Waals surface area contributed by atoms with Crippen LogP contribution in [0.3, 0.4) is 0 Å². The van der Waals surface area contributed by atoms with Gasteiger partial charge in [0.2, 0.25) is 5.95 Å². The minimum absolute atomic E-state index is 0.194. The number of nitrogens with zero attached hydrogens (tertiary/aromatic N) is 5. The fraction of sp³-hybridized carbons (Fsp3) is 0.478. The maximum atomic E-state index is 11.2. The van der Waals surface area contributed by atoms with Crippen molar-refractivity contribution in [2.24, 2.45) is 0 Å². The van der Waals surface area contributed by atoms with E-state index < -0.39 is 5.60 Å². The Balaban J connectivity index is 1.49. The Morgan fingerprint density at radius 1 is 1.13 bits per heavy atom. The number of phenols is 1. The molecule has 0 spiro atoms. The minimum atomic E-state index is -0.915. The van der Waals surface area contributed by atoms with Gasteiger partial charge in [0, 0.05) is 26.1 Å². The molecule has 3 aromatic rings. The van der Waals surface area contributed by atoms with E-state index in [0.29, 0.717) is 38.3 Å². The standard InChI is InChI=1S/C23H29N5O3/c1-16(29)5-3-4-12-28-15-24-20-17(2)25-22(26-21(20)28)27-13-10-23(31,11-14-27)18-6-8-19(30)9-7-18/h6-9,15,30-31H,3-5,10-14H2,1-2H3. The SMILES string of the molecule is CC(=O)CCCCn1cnc2c(C)nc(N3CCC(O)(c4ccc(O)cc4)CC3)nc21. The summed E-state index contributed by atoms with van der Waals surface area (Å²) in [7, 11) is 0. The van der Waals surface area contributed by atoms with E-state index in [4.69, 9.17) is 4.98 Å². The first-order valence-corrected chi connectivity index (χ1v) is 10.8. The summed E-state index contributed by atoms with van der Waals surface area (Å²) in [6.45, 7) is 5.60. The fourth-order valence-electron chi connectivity index (χ4n) is 4.17. The van der Waals surface area contributed by atoms with Gasteiger partial charge in [0.05, 0.1) is 17.6 Å². The lowest BCUT2D eigenvalue weighted by Gasteiger charge is -2.38. The third-order valence-corrected chi connectivity index (χ3v) is 6.08. The highest BCUT2D eigenvalue weighted by Gasteiger charge is 2.35. The molecule has 1 aliphatic rings. The highest BCUT2D eigenvalue weighted by molar-refractivity contribution is 5.75. The van der Waals surface area contributed by atoms with E-state index in [1.54, 1.807) is 37.5 Å². The van der Waals surface area contributed by atoms with Crippen molar-refractivity contribution in [3.05, 3.63) is 41.9 Å². The lowest BCUT2D eigenvalue weighted by Crippen LogP contribution is -2.43. The highest BCUT2D eigenvalue weighted by atomic mass is 16.3. The van der Waals surface area contributed by atoms with Gasteiger partial charge in [-0.05, 0) is 57.2 Å². The molecule has 8 heteroatoms. The van der Waals surface area contributed by atoms with Crippen LogP contribution >= 0.6 is 0 Å². The van der Waals surface area contributed by atoms with Gasteiger partial charge in [-0.2, -0.15) is 4.98 Å².